The van der Waals surface area contributed by atoms with E-state index >= 15 is 0 Å². The average Bonchev–Trinajstić information content (AvgIpc) is 2.89. The second-order valence-corrected chi connectivity index (χ2v) is 4.42. The number of nitro groups is 1. The van der Waals surface area contributed by atoms with Crippen molar-refractivity contribution in [3.05, 3.63) is 51.3 Å². The molecule has 0 N–H and O–H groups in total. The van der Waals surface area contributed by atoms with Crippen molar-refractivity contribution in [2.45, 2.75) is 0 Å². The van der Waals surface area contributed by atoms with Gasteiger partial charge in [-0.05, 0) is 22.4 Å². The summed E-state index contributed by atoms with van der Waals surface area (Å²) in [5, 5.41) is 17.8. The van der Waals surface area contributed by atoms with E-state index in [4.69, 9.17) is 16.3 Å². The Bertz CT molecular complexity index is 852. The fraction of sp³-hybridized carbons (Fsp3) is 0. The van der Waals surface area contributed by atoms with Crippen molar-refractivity contribution in [2.75, 3.05) is 0 Å². The molecule has 0 radical (unpaired) electrons. The Morgan fingerprint density at radius 3 is 2.76 bits per heavy atom. The number of rotatable bonds is 3. The Morgan fingerprint density at radius 2 is 2.00 bits per heavy atom. The Kier molecular flexibility index (Phi) is 3.15. The van der Waals surface area contributed by atoms with Crippen LogP contribution in [0.1, 0.15) is 0 Å². The molecule has 3 aromatic rings. The first-order valence-corrected chi connectivity index (χ1v) is 5.96. The van der Waals surface area contributed by atoms with Crippen LogP contribution in [0, 0.1) is 15.9 Å². The highest BCUT2D eigenvalue weighted by Gasteiger charge is 2.18. The lowest BCUT2D eigenvalue weighted by atomic mass is 10.2. The predicted octanol–water partition coefficient (Wildman–Crippen LogP) is 3.72. The van der Waals surface area contributed by atoms with Crippen LogP contribution < -0.4 is 4.74 Å². The van der Waals surface area contributed by atoms with Gasteiger partial charge in [0.2, 0.25) is 5.82 Å². The number of halogens is 2. The van der Waals surface area contributed by atoms with Gasteiger partial charge < -0.3 is 4.74 Å². The van der Waals surface area contributed by atoms with E-state index in [0.29, 0.717) is 16.8 Å². The smallest absolute Gasteiger partial charge is 0.306 e. The lowest BCUT2D eigenvalue weighted by Crippen LogP contribution is -1.94. The van der Waals surface area contributed by atoms with E-state index in [2.05, 4.69) is 14.9 Å². The number of hydrogen-bond donors (Lipinski definition) is 0. The fourth-order valence-electron chi connectivity index (χ4n) is 1.69. The van der Waals surface area contributed by atoms with Gasteiger partial charge in [0.1, 0.15) is 22.5 Å². The molecule has 0 bridgehead atoms. The van der Waals surface area contributed by atoms with Gasteiger partial charge in [0, 0.05) is 18.2 Å². The van der Waals surface area contributed by atoms with E-state index in [0.717, 1.165) is 12.1 Å². The molecule has 106 valence electrons. The number of benzene rings is 2. The molecule has 1 aromatic heterocycles. The number of nitrogens with zero attached hydrogens (tertiary/aromatic N) is 3. The molecule has 0 aliphatic heterocycles. The van der Waals surface area contributed by atoms with E-state index in [1.54, 1.807) is 12.1 Å². The van der Waals surface area contributed by atoms with Crippen molar-refractivity contribution in [3.63, 3.8) is 0 Å². The molecule has 0 aliphatic carbocycles. The van der Waals surface area contributed by atoms with Gasteiger partial charge >= 0.3 is 5.69 Å². The molecule has 0 amide bonds. The van der Waals surface area contributed by atoms with Gasteiger partial charge in [-0.1, -0.05) is 11.6 Å². The summed E-state index contributed by atoms with van der Waals surface area (Å²) in [6.07, 6.45) is 0. The fourth-order valence-corrected chi connectivity index (χ4v) is 1.89. The highest BCUT2D eigenvalue weighted by molar-refractivity contribution is 6.32. The highest BCUT2D eigenvalue weighted by atomic mass is 35.5. The maximum absolute atomic E-state index is 13.6. The van der Waals surface area contributed by atoms with Crippen LogP contribution in [0.3, 0.4) is 0 Å². The molecule has 0 saturated heterocycles. The first-order chi connectivity index (χ1) is 10.0. The van der Waals surface area contributed by atoms with Crippen LogP contribution in [0.2, 0.25) is 5.02 Å². The molecule has 0 spiro atoms. The molecule has 2 aromatic carbocycles. The van der Waals surface area contributed by atoms with E-state index in [1.165, 1.54) is 6.07 Å². The lowest BCUT2D eigenvalue weighted by Gasteiger charge is -2.07. The van der Waals surface area contributed by atoms with E-state index in [9.17, 15) is 14.5 Å². The van der Waals surface area contributed by atoms with Crippen LogP contribution >= 0.6 is 11.6 Å². The van der Waals surface area contributed by atoms with E-state index in [-0.39, 0.29) is 10.8 Å². The van der Waals surface area contributed by atoms with Gasteiger partial charge in [-0.25, -0.2) is 4.63 Å². The van der Waals surface area contributed by atoms with Gasteiger partial charge in [0.05, 0.1) is 9.95 Å². The van der Waals surface area contributed by atoms with Crippen LogP contribution in [-0.4, -0.2) is 15.2 Å². The molecule has 9 heteroatoms. The molecule has 0 atom stereocenters. The van der Waals surface area contributed by atoms with Crippen molar-refractivity contribution in [2.24, 2.45) is 0 Å². The zero-order chi connectivity index (χ0) is 15.0. The largest absolute Gasteiger partial charge is 0.456 e. The summed E-state index contributed by atoms with van der Waals surface area (Å²) >= 11 is 5.85. The third kappa shape index (κ3) is 2.48. The maximum atomic E-state index is 13.6. The Balaban J connectivity index is 1.97. The van der Waals surface area contributed by atoms with Crippen LogP contribution in [0.25, 0.3) is 11.0 Å². The monoisotopic (exact) mass is 309 g/mol. The molecule has 21 heavy (non-hydrogen) atoms. The van der Waals surface area contributed by atoms with Gasteiger partial charge in [-0.15, -0.1) is 0 Å². The van der Waals surface area contributed by atoms with Gasteiger partial charge in [-0.3, -0.25) is 10.1 Å². The van der Waals surface area contributed by atoms with Crippen molar-refractivity contribution in [1.29, 1.82) is 0 Å². The summed E-state index contributed by atoms with van der Waals surface area (Å²) < 4.78 is 23.5. The molecular weight excluding hydrogens is 305 g/mol. The summed E-state index contributed by atoms with van der Waals surface area (Å²) in [4.78, 5) is 9.74. The molecule has 3 rings (SSSR count). The molecule has 0 aliphatic rings. The summed E-state index contributed by atoms with van der Waals surface area (Å²) in [6.45, 7) is 0. The highest BCUT2D eigenvalue weighted by Crippen LogP contribution is 2.34. The summed E-state index contributed by atoms with van der Waals surface area (Å²) in [5.74, 6) is -0.771. The van der Waals surface area contributed by atoms with Gasteiger partial charge in [0.25, 0.3) is 0 Å². The third-order valence-electron chi connectivity index (χ3n) is 2.65. The summed E-state index contributed by atoms with van der Waals surface area (Å²) in [7, 11) is 0. The summed E-state index contributed by atoms with van der Waals surface area (Å²) in [5.41, 5.74) is 0.262. The standard InChI is InChI=1S/C12H5ClFN3O4/c13-7-4-11(17(18)19)8(14)5-12(7)20-6-1-2-9-10(3-6)16-21-15-9/h1-5H. The van der Waals surface area contributed by atoms with Crippen LogP contribution in [0.5, 0.6) is 11.5 Å². The first-order valence-electron chi connectivity index (χ1n) is 5.58. The normalized spacial score (nSPS) is 10.8. The van der Waals surface area contributed by atoms with Crippen LogP contribution in [0.4, 0.5) is 10.1 Å². The first kappa shape index (κ1) is 13.3. The second kappa shape index (κ2) is 4.98. The predicted molar refractivity (Wildman–Crippen MR) is 69.9 cm³/mol. The lowest BCUT2D eigenvalue weighted by molar-refractivity contribution is -0.387. The zero-order valence-electron chi connectivity index (χ0n) is 10.1. The molecule has 1 heterocycles. The topological polar surface area (TPSA) is 91.3 Å². The van der Waals surface area contributed by atoms with Crippen LogP contribution in [-0.2, 0) is 0 Å². The number of nitro benzene ring substituents is 1. The van der Waals surface area contributed by atoms with Gasteiger partial charge in [0.15, 0.2) is 0 Å². The zero-order valence-corrected chi connectivity index (χ0v) is 10.9. The van der Waals surface area contributed by atoms with Crippen molar-refractivity contribution in [3.8, 4) is 11.5 Å². The third-order valence-corrected chi connectivity index (χ3v) is 2.95. The molecule has 0 fully saturated rings. The Morgan fingerprint density at radius 1 is 1.24 bits per heavy atom. The number of hydrogen-bond acceptors (Lipinski definition) is 6. The summed E-state index contributed by atoms with van der Waals surface area (Å²) in [6, 6.07) is 6.41. The van der Waals surface area contributed by atoms with Crippen molar-refractivity contribution < 1.29 is 18.7 Å². The molecule has 0 saturated carbocycles. The Hall–Kier alpha value is -2.74. The minimum atomic E-state index is -1.04. The van der Waals surface area contributed by atoms with E-state index < -0.39 is 16.4 Å². The van der Waals surface area contributed by atoms with Gasteiger partial charge in [-0.2, -0.15) is 4.39 Å². The van der Waals surface area contributed by atoms with Crippen LogP contribution in [0.15, 0.2) is 35.0 Å². The SMILES string of the molecule is O=[N+]([O-])c1cc(Cl)c(Oc2ccc3nonc3c2)cc1F. The minimum Gasteiger partial charge on any atom is -0.456 e. The number of ether oxygens (including phenoxy) is 1. The Labute approximate surface area is 121 Å². The quantitative estimate of drug-likeness (QED) is 0.541. The number of aromatic nitrogens is 2. The molecule has 0 unspecified atom stereocenters. The van der Waals surface area contributed by atoms with E-state index in [1.807, 2.05) is 0 Å². The molecule has 7 nitrogen and oxygen atoms in total. The number of fused-ring (bicyclic) bond motifs is 1. The molecular formula is C12H5ClFN3O4. The maximum Gasteiger partial charge on any atom is 0.306 e. The second-order valence-electron chi connectivity index (χ2n) is 4.01. The van der Waals surface area contributed by atoms with Crippen molar-refractivity contribution in [1.82, 2.24) is 10.3 Å². The van der Waals surface area contributed by atoms with Crippen molar-refractivity contribution >= 4 is 28.3 Å². The minimum absolute atomic E-state index is 0.0458. The average molecular weight is 310 g/mol.